The molecule has 106 valence electrons. The Bertz CT molecular complexity index is 426. The van der Waals surface area contributed by atoms with Crippen molar-refractivity contribution < 1.29 is 9.53 Å². The molecule has 0 aliphatic carbocycles. The van der Waals surface area contributed by atoms with Crippen molar-refractivity contribution in [1.29, 1.82) is 0 Å². The molecule has 1 N–H and O–H groups in total. The van der Waals surface area contributed by atoms with Crippen LogP contribution in [0.4, 0.5) is 0 Å². The zero-order valence-electron chi connectivity index (χ0n) is 11.4. The highest BCUT2D eigenvalue weighted by atomic mass is 35.5. The van der Waals surface area contributed by atoms with E-state index in [0.717, 1.165) is 30.7 Å². The summed E-state index contributed by atoms with van der Waals surface area (Å²) in [5, 5.41) is 2.92. The highest BCUT2D eigenvalue weighted by molar-refractivity contribution is 5.85. The minimum atomic E-state index is 0. The molecular weight excluding hydrogens is 264 g/mol. The summed E-state index contributed by atoms with van der Waals surface area (Å²) in [4.78, 5) is 14.0. The van der Waals surface area contributed by atoms with Gasteiger partial charge >= 0.3 is 0 Å². The fourth-order valence-corrected chi connectivity index (χ4v) is 2.58. The monoisotopic (exact) mass is 284 g/mol. The third kappa shape index (κ3) is 3.39. The quantitative estimate of drug-likeness (QED) is 0.919. The zero-order valence-corrected chi connectivity index (χ0v) is 12.2. The number of para-hydroxylation sites is 1. The van der Waals surface area contributed by atoms with E-state index in [1.807, 2.05) is 23.1 Å². The maximum absolute atomic E-state index is 12.1. The molecular formula is C14H21ClN2O2. The topological polar surface area (TPSA) is 41.6 Å². The summed E-state index contributed by atoms with van der Waals surface area (Å²) in [5.74, 6) is 1.03. The lowest BCUT2D eigenvalue weighted by Gasteiger charge is -2.26. The first-order valence-corrected chi connectivity index (χ1v) is 6.35. The van der Waals surface area contributed by atoms with Gasteiger partial charge in [-0.05, 0) is 26.0 Å². The molecule has 1 saturated heterocycles. The first kappa shape index (κ1) is 15.8. The average Bonchev–Trinajstić information content (AvgIpc) is 2.88. The fraction of sp³-hybridized carbons (Fsp3) is 0.500. The highest BCUT2D eigenvalue weighted by Gasteiger charge is 2.30. The third-order valence-electron chi connectivity index (χ3n) is 3.40. The van der Waals surface area contributed by atoms with E-state index in [4.69, 9.17) is 4.74 Å². The van der Waals surface area contributed by atoms with Crippen LogP contribution in [0, 0.1) is 0 Å². The number of likely N-dealkylation sites (N-methyl/N-ethyl adjacent to an activating group) is 1. The molecule has 1 aromatic rings. The number of amides is 1. The van der Waals surface area contributed by atoms with Gasteiger partial charge in [-0.15, -0.1) is 12.4 Å². The predicted octanol–water partition coefficient (Wildman–Crippen LogP) is 2.00. The van der Waals surface area contributed by atoms with Gasteiger partial charge in [0.05, 0.1) is 19.7 Å². The van der Waals surface area contributed by atoms with Gasteiger partial charge in [0.15, 0.2) is 0 Å². The summed E-state index contributed by atoms with van der Waals surface area (Å²) in [6, 6.07) is 8.11. The predicted molar refractivity (Wildman–Crippen MR) is 77.9 cm³/mol. The lowest BCUT2D eigenvalue weighted by molar-refractivity contribution is -0.131. The molecule has 0 aromatic heterocycles. The number of ether oxygens (including phenoxy) is 1. The van der Waals surface area contributed by atoms with Crippen molar-refractivity contribution in [3.05, 3.63) is 29.8 Å². The Labute approximate surface area is 120 Å². The minimum absolute atomic E-state index is 0. The van der Waals surface area contributed by atoms with Gasteiger partial charge in [0.2, 0.25) is 5.91 Å². The van der Waals surface area contributed by atoms with E-state index in [1.54, 1.807) is 14.2 Å². The number of nitrogens with zero attached hydrogens (tertiary/aromatic N) is 1. The van der Waals surface area contributed by atoms with Crippen molar-refractivity contribution in [2.45, 2.75) is 18.9 Å². The van der Waals surface area contributed by atoms with E-state index < -0.39 is 0 Å². The maximum Gasteiger partial charge on any atom is 0.237 e. The number of hydrogen-bond acceptors (Lipinski definition) is 3. The van der Waals surface area contributed by atoms with Gasteiger partial charge in [-0.25, -0.2) is 0 Å². The highest BCUT2D eigenvalue weighted by Crippen LogP contribution is 2.36. The molecule has 19 heavy (non-hydrogen) atoms. The van der Waals surface area contributed by atoms with Crippen LogP contribution in [0.2, 0.25) is 0 Å². The van der Waals surface area contributed by atoms with Crippen LogP contribution in [-0.4, -0.2) is 38.1 Å². The van der Waals surface area contributed by atoms with Crippen molar-refractivity contribution in [3.63, 3.8) is 0 Å². The van der Waals surface area contributed by atoms with Crippen LogP contribution >= 0.6 is 12.4 Å². The van der Waals surface area contributed by atoms with Gasteiger partial charge in [0.25, 0.3) is 0 Å². The smallest absolute Gasteiger partial charge is 0.237 e. The van der Waals surface area contributed by atoms with E-state index in [9.17, 15) is 4.79 Å². The van der Waals surface area contributed by atoms with Crippen molar-refractivity contribution in [3.8, 4) is 5.75 Å². The number of nitrogens with one attached hydrogen (secondary N) is 1. The normalized spacial score (nSPS) is 18.0. The van der Waals surface area contributed by atoms with Crippen LogP contribution in [0.15, 0.2) is 24.3 Å². The molecule has 1 unspecified atom stereocenters. The number of halogens is 1. The lowest BCUT2D eigenvalue weighted by Crippen LogP contribution is -2.36. The SMILES string of the molecule is CNCC(=O)N1CCCC1c1ccccc1OC.Cl. The van der Waals surface area contributed by atoms with E-state index >= 15 is 0 Å². The van der Waals surface area contributed by atoms with Crippen molar-refractivity contribution in [2.24, 2.45) is 0 Å². The van der Waals surface area contributed by atoms with Gasteiger partial charge < -0.3 is 15.0 Å². The molecule has 1 amide bonds. The van der Waals surface area contributed by atoms with Crippen LogP contribution in [0.25, 0.3) is 0 Å². The van der Waals surface area contributed by atoms with Crippen LogP contribution in [-0.2, 0) is 4.79 Å². The van der Waals surface area contributed by atoms with Gasteiger partial charge in [0.1, 0.15) is 5.75 Å². The van der Waals surface area contributed by atoms with Crippen LogP contribution in [0.3, 0.4) is 0 Å². The molecule has 1 aromatic carbocycles. The van der Waals surface area contributed by atoms with Crippen LogP contribution in [0.5, 0.6) is 5.75 Å². The van der Waals surface area contributed by atoms with E-state index in [-0.39, 0.29) is 24.4 Å². The summed E-state index contributed by atoms with van der Waals surface area (Å²) in [7, 11) is 3.47. The summed E-state index contributed by atoms with van der Waals surface area (Å²) in [5.41, 5.74) is 1.11. The summed E-state index contributed by atoms with van der Waals surface area (Å²) < 4.78 is 5.39. The number of rotatable bonds is 4. The molecule has 2 rings (SSSR count). The molecule has 1 heterocycles. The second-order valence-electron chi connectivity index (χ2n) is 4.52. The van der Waals surface area contributed by atoms with E-state index in [2.05, 4.69) is 11.4 Å². The number of hydrogen-bond donors (Lipinski definition) is 1. The molecule has 1 aliphatic rings. The Kier molecular flexibility index (Phi) is 6.12. The molecule has 0 radical (unpaired) electrons. The average molecular weight is 285 g/mol. The van der Waals surface area contributed by atoms with Gasteiger partial charge in [-0.3, -0.25) is 4.79 Å². The van der Waals surface area contributed by atoms with Gasteiger partial charge in [0, 0.05) is 12.1 Å². The largest absolute Gasteiger partial charge is 0.496 e. The standard InChI is InChI=1S/C14H20N2O2.ClH/c1-15-10-14(17)16-9-5-7-12(16)11-6-3-4-8-13(11)18-2;/h3-4,6,8,12,15H,5,7,9-10H2,1-2H3;1H. The van der Waals surface area contributed by atoms with Crippen molar-refractivity contribution in [1.82, 2.24) is 10.2 Å². The van der Waals surface area contributed by atoms with E-state index in [1.165, 1.54) is 0 Å². The Hall–Kier alpha value is -1.26. The number of carbonyl (C=O) groups is 1. The molecule has 1 aliphatic heterocycles. The maximum atomic E-state index is 12.1. The first-order chi connectivity index (χ1) is 8.77. The summed E-state index contributed by atoms with van der Waals surface area (Å²) in [6.07, 6.45) is 2.06. The second-order valence-corrected chi connectivity index (χ2v) is 4.52. The Morgan fingerprint density at radius 1 is 1.47 bits per heavy atom. The molecule has 1 atom stereocenters. The van der Waals surface area contributed by atoms with Crippen LogP contribution in [0.1, 0.15) is 24.4 Å². The molecule has 0 saturated carbocycles. The van der Waals surface area contributed by atoms with E-state index in [0.29, 0.717) is 6.54 Å². The number of likely N-dealkylation sites (tertiary alicyclic amines) is 1. The zero-order chi connectivity index (χ0) is 13.0. The summed E-state index contributed by atoms with van der Waals surface area (Å²) >= 11 is 0. The van der Waals surface area contributed by atoms with Crippen molar-refractivity contribution in [2.75, 3.05) is 27.2 Å². The Morgan fingerprint density at radius 2 is 2.21 bits per heavy atom. The molecule has 5 heteroatoms. The molecule has 1 fully saturated rings. The summed E-state index contributed by atoms with van der Waals surface area (Å²) in [6.45, 7) is 1.23. The Balaban J connectivity index is 0.00000180. The minimum Gasteiger partial charge on any atom is -0.496 e. The number of benzene rings is 1. The number of methoxy groups -OCH3 is 1. The first-order valence-electron chi connectivity index (χ1n) is 6.35. The Morgan fingerprint density at radius 3 is 2.89 bits per heavy atom. The molecule has 0 spiro atoms. The van der Waals surface area contributed by atoms with Crippen molar-refractivity contribution >= 4 is 18.3 Å². The third-order valence-corrected chi connectivity index (χ3v) is 3.40. The van der Waals surface area contributed by atoms with Crippen LogP contribution < -0.4 is 10.1 Å². The fourth-order valence-electron chi connectivity index (χ4n) is 2.58. The second kappa shape index (κ2) is 7.36. The lowest BCUT2D eigenvalue weighted by atomic mass is 10.0. The molecule has 0 bridgehead atoms. The van der Waals surface area contributed by atoms with Gasteiger partial charge in [-0.2, -0.15) is 0 Å². The molecule has 4 nitrogen and oxygen atoms in total. The van der Waals surface area contributed by atoms with Gasteiger partial charge in [-0.1, -0.05) is 18.2 Å². The number of carbonyl (C=O) groups excluding carboxylic acids is 1.